The number of anilines is 2. The Hall–Kier alpha value is -3.60. The normalized spacial score (nSPS) is 18.2. The zero-order valence-electron chi connectivity index (χ0n) is 19.4. The molecule has 1 amide bonds. The van der Waals surface area contributed by atoms with Gasteiger partial charge in [-0.1, -0.05) is 48.5 Å². The van der Waals surface area contributed by atoms with Crippen molar-refractivity contribution in [2.75, 3.05) is 30.8 Å². The van der Waals surface area contributed by atoms with Gasteiger partial charge in [0.2, 0.25) is 10.0 Å². The molecule has 0 radical (unpaired) electrons. The van der Waals surface area contributed by atoms with Crippen LogP contribution >= 0.6 is 0 Å². The number of sulfonamides is 1. The van der Waals surface area contributed by atoms with Crippen LogP contribution in [0.1, 0.15) is 16.7 Å². The number of alkyl halides is 2. The molecule has 10 heteroatoms. The van der Waals surface area contributed by atoms with Crippen molar-refractivity contribution in [3.63, 3.8) is 0 Å². The number of amides is 1. The molecule has 186 valence electrons. The van der Waals surface area contributed by atoms with E-state index in [1.807, 2.05) is 60.7 Å². The lowest BCUT2D eigenvalue weighted by Gasteiger charge is -2.37. The summed E-state index contributed by atoms with van der Waals surface area (Å²) in [5, 5.41) is 9.06. The molecular weight excluding hydrogens is 486 g/mol. The lowest BCUT2D eigenvalue weighted by molar-refractivity contribution is -0.110. The number of rotatable bonds is 7. The molecule has 0 bridgehead atoms. The molecule has 5 rings (SSSR count). The molecular formula is C26H24F2N4O3S. The number of halogens is 2. The molecule has 3 N–H and O–H groups in total. The van der Waals surface area contributed by atoms with Gasteiger partial charge in [-0.25, -0.2) is 17.2 Å². The van der Waals surface area contributed by atoms with E-state index < -0.39 is 34.9 Å². The largest absolute Gasteiger partial charge is 0.354 e. The van der Waals surface area contributed by atoms with E-state index in [2.05, 4.69) is 16.0 Å². The first-order valence-corrected chi connectivity index (χ1v) is 12.8. The maximum Gasteiger partial charge on any atom is 0.275 e. The van der Waals surface area contributed by atoms with Crippen LogP contribution < -0.4 is 16.0 Å². The molecule has 3 aromatic carbocycles. The summed E-state index contributed by atoms with van der Waals surface area (Å²) in [4.78, 5) is 13.2. The lowest BCUT2D eigenvalue weighted by atomic mass is 9.99. The Morgan fingerprint density at radius 1 is 1.03 bits per heavy atom. The van der Waals surface area contributed by atoms with Crippen molar-refractivity contribution >= 4 is 38.6 Å². The highest BCUT2D eigenvalue weighted by atomic mass is 32.2. The standard InChI is InChI=1S/C26H24F2N4O3S/c1-29-14-18-12-21-20(13-22(18)36(34,35)32-15-26(27,28)16-32)23(25(33)31-21)24(17-8-4-2-5-9-17)30-19-10-6-3-7-11-19/h2-13,29-30H,14-16H2,1H3,(H,31,33)/b24-23-. The van der Waals surface area contributed by atoms with Crippen LogP contribution in [0, 0.1) is 0 Å². The number of carbonyl (C=O) groups is 1. The fraction of sp³-hybridized carbons (Fsp3) is 0.192. The highest BCUT2D eigenvalue weighted by Gasteiger charge is 2.50. The first-order chi connectivity index (χ1) is 17.2. The molecule has 36 heavy (non-hydrogen) atoms. The number of hydrogen-bond donors (Lipinski definition) is 3. The minimum atomic E-state index is -4.21. The van der Waals surface area contributed by atoms with E-state index in [1.165, 1.54) is 6.07 Å². The Morgan fingerprint density at radius 2 is 1.67 bits per heavy atom. The quantitative estimate of drug-likeness (QED) is 0.419. The molecule has 0 aliphatic carbocycles. The van der Waals surface area contributed by atoms with Gasteiger partial charge in [0.15, 0.2) is 0 Å². The number of benzene rings is 3. The summed E-state index contributed by atoms with van der Waals surface area (Å²) in [5.74, 6) is -3.44. The summed E-state index contributed by atoms with van der Waals surface area (Å²) in [6.07, 6.45) is 0. The first-order valence-electron chi connectivity index (χ1n) is 11.3. The number of fused-ring (bicyclic) bond motifs is 1. The van der Waals surface area contributed by atoms with E-state index in [4.69, 9.17) is 0 Å². The summed E-state index contributed by atoms with van der Waals surface area (Å²) in [6, 6.07) is 21.5. The van der Waals surface area contributed by atoms with Gasteiger partial charge in [0, 0.05) is 23.5 Å². The van der Waals surface area contributed by atoms with Crippen LogP contribution in [0.3, 0.4) is 0 Å². The van der Waals surface area contributed by atoms with Gasteiger partial charge in [-0.2, -0.15) is 4.31 Å². The second-order valence-electron chi connectivity index (χ2n) is 8.73. The highest BCUT2D eigenvalue weighted by Crippen LogP contribution is 2.41. The Bertz CT molecular complexity index is 1450. The fourth-order valence-electron chi connectivity index (χ4n) is 4.39. The molecule has 0 spiro atoms. The van der Waals surface area contributed by atoms with E-state index in [-0.39, 0.29) is 17.0 Å². The van der Waals surface area contributed by atoms with E-state index in [9.17, 15) is 22.0 Å². The lowest BCUT2D eigenvalue weighted by Crippen LogP contribution is -2.58. The molecule has 2 aliphatic rings. The average molecular weight is 511 g/mol. The topological polar surface area (TPSA) is 90.5 Å². The number of nitrogens with one attached hydrogen (secondary N) is 3. The minimum Gasteiger partial charge on any atom is -0.354 e. The van der Waals surface area contributed by atoms with Gasteiger partial charge in [0.05, 0.1) is 29.3 Å². The van der Waals surface area contributed by atoms with Crippen molar-refractivity contribution < 1.29 is 22.0 Å². The summed E-state index contributed by atoms with van der Waals surface area (Å²) in [7, 11) is -2.55. The molecule has 1 fully saturated rings. The van der Waals surface area contributed by atoms with E-state index >= 15 is 0 Å². The average Bonchev–Trinajstić information content (AvgIpc) is 3.16. The third kappa shape index (κ3) is 4.39. The van der Waals surface area contributed by atoms with Crippen molar-refractivity contribution in [2.24, 2.45) is 0 Å². The zero-order valence-corrected chi connectivity index (χ0v) is 20.2. The molecule has 0 unspecified atom stereocenters. The van der Waals surface area contributed by atoms with Crippen LogP contribution in [-0.2, 0) is 21.4 Å². The van der Waals surface area contributed by atoms with Crippen LogP contribution in [0.25, 0.3) is 11.3 Å². The van der Waals surface area contributed by atoms with Crippen LogP contribution in [0.5, 0.6) is 0 Å². The van der Waals surface area contributed by atoms with E-state index in [0.717, 1.165) is 15.6 Å². The van der Waals surface area contributed by atoms with Gasteiger partial charge in [-0.15, -0.1) is 0 Å². The number of nitrogens with zero attached hydrogens (tertiary/aromatic N) is 1. The van der Waals surface area contributed by atoms with Gasteiger partial charge in [0.25, 0.3) is 11.8 Å². The third-order valence-electron chi connectivity index (χ3n) is 6.10. The van der Waals surface area contributed by atoms with Gasteiger partial charge in [-0.05, 0) is 42.4 Å². The van der Waals surface area contributed by atoms with Gasteiger partial charge in [-0.3, -0.25) is 4.79 Å². The number of para-hydroxylation sites is 1. The second-order valence-corrected chi connectivity index (χ2v) is 10.6. The summed E-state index contributed by atoms with van der Waals surface area (Å²) in [6.45, 7) is -1.55. The molecule has 0 saturated carbocycles. The molecule has 3 aromatic rings. The molecule has 2 aliphatic heterocycles. The SMILES string of the molecule is CNCc1cc2c(cc1S(=O)(=O)N1CC(F)(F)C1)/C(=C(/Nc1ccccc1)c1ccccc1)C(=O)N2. The molecule has 0 aromatic heterocycles. The molecule has 1 saturated heterocycles. The van der Waals surface area contributed by atoms with Crippen LogP contribution in [0.15, 0.2) is 77.7 Å². The number of carbonyl (C=O) groups excluding carboxylic acids is 1. The van der Waals surface area contributed by atoms with Crippen molar-refractivity contribution in [3.05, 3.63) is 89.5 Å². The Kier molecular flexibility index (Phi) is 6.11. The Morgan fingerprint density at radius 3 is 2.28 bits per heavy atom. The fourth-order valence-corrected chi connectivity index (χ4v) is 6.11. The minimum absolute atomic E-state index is 0.104. The molecule has 0 atom stereocenters. The van der Waals surface area contributed by atoms with Crippen molar-refractivity contribution in [1.29, 1.82) is 0 Å². The number of hydrogen-bond acceptors (Lipinski definition) is 5. The summed E-state index contributed by atoms with van der Waals surface area (Å²) in [5.41, 5.74) is 3.45. The molecule has 7 nitrogen and oxygen atoms in total. The maximum absolute atomic E-state index is 13.5. The smallest absolute Gasteiger partial charge is 0.275 e. The third-order valence-corrected chi connectivity index (χ3v) is 7.98. The van der Waals surface area contributed by atoms with Crippen molar-refractivity contribution in [2.45, 2.75) is 17.4 Å². The van der Waals surface area contributed by atoms with Crippen LogP contribution in [0.2, 0.25) is 0 Å². The highest BCUT2D eigenvalue weighted by molar-refractivity contribution is 7.89. The zero-order chi connectivity index (χ0) is 25.5. The van der Waals surface area contributed by atoms with E-state index in [0.29, 0.717) is 22.5 Å². The Balaban J connectivity index is 1.69. The van der Waals surface area contributed by atoms with Crippen LogP contribution in [0.4, 0.5) is 20.2 Å². The van der Waals surface area contributed by atoms with E-state index in [1.54, 1.807) is 13.1 Å². The van der Waals surface area contributed by atoms with Crippen molar-refractivity contribution in [3.8, 4) is 0 Å². The predicted molar refractivity (Wildman–Crippen MR) is 135 cm³/mol. The Labute approximate surface area is 207 Å². The van der Waals surface area contributed by atoms with Gasteiger partial charge < -0.3 is 16.0 Å². The second kappa shape index (κ2) is 9.12. The molecule has 2 heterocycles. The maximum atomic E-state index is 13.5. The first kappa shape index (κ1) is 24.1. The predicted octanol–water partition coefficient (Wildman–Crippen LogP) is 3.98. The van der Waals surface area contributed by atoms with Crippen molar-refractivity contribution in [1.82, 2.24) is 9.62 Å². The summed E-state index contributed by atoms with van der Waals surface area (Å²) >= 11 is 0. The van der Waals surface area contributed by atoms with Gasteiger partial charge >= 0.3 is 0 Å². The summed E-state index contributed by atoms with van der Waals surface area (Å²) < 4.78 is 54.5. The monoisotopic (exact) mass is 510 g/mol. The van der Waals surface area contributed by atoms with Crippen LogP contribution in [-0.4, -0.2) is 44.7 Å². The van der Waals surface area contributed by atoms with Gasteiger partial charge in [0.1, 0.15) is 0 Å².